The number of carbonyl (C=O) groups is 1. The highest BCUT2D eigenvalue weighted by Crippen LogP contribution is 1.97. The minimum Gasteiger partial charge on any atom is -0.480 e. The Bertz CT molecular complexity index is 328. The number of terminal acetylenes is 1. The normalized spacial score (nSPS) is 13.1. The highest BCUT2D eigenvalue weighted by atomic mass is 32.2. The van der Waals surface area contributed by atoms with Gasteiger partial charge in [-0.3, -0.25) is 4.79 Å². The van der Waals surface area contributed by atoms with Crippen LogP contribution in [0, 0.1) is 12.3 Å². The molecule has 0 aliphatic carbocycles. The van der Waals surface area contributed by atoms with E-state index in [1.54, 1.807) is 0 Å². The molecule has 5 nitrogen and oxygen atoms in total. The molecule has 0 rings (SSSR count). The first-order valence-corrected chi connectivity index (χ1v) is 5.74. The monoisotopic (exact) mass is 219 g/mol. The molecule has 14 heavy (non-hydrogen) atoms. The molecule has 2 N–H and O–H groups in total. The summed E-state index contributed by atoms with van der Waals surface area (Å²) < 4.78 is 24.3. The van der Waals surface area contributed by atoms with Gasteiger partial charge in [-0.05, 0) is 6.42 Å². The molecular formula is C8H13NO4S. The van der Waals surface area contributed by atoms with Crippen molar-refractivity contribution in [1.82, 2.24) is 4.72 Å². The standard InChI is InChI=1S/C8H13NO4S/c1-3-5-7(4-2)9-14(12,13)6-8(10)11/h2,7,9H,3,5-6H2,1H3,(H,10,11). The summed E-state index contributed by atoms with van der Waals surface area (Å²) in [5.74, 6) is -0.0988. The van der Waals surface area contributed by atoms with Crippen molar-refractivity contribution in [3.05, 3.63) is 0 Å². The second kappa shape index (κ2) is 5.62. The van der Waals surface area contributed by atoms with Gasteiger partial charge in [0.05, 0.1) is 6.04 Å². The van der Waals surface area contributed by atoms with E-state index < -0.39 is 27.8 Å². The molecule has 1 unspecified atom stereocenters. The Morgan fingerprint density at radius 1 is 1.64 bits per heavy atom. The molecule has 0 aromatic heterocycles. The Hall–Kier alpha value is -1.06. The second-order valence-corrected chi connectivity index (χ2v) is 4.53. The molecule has 0 bridgehead atoms. The van der Waals surface area contributed by atoms with Crippen LogP contribution in [0.5, 0.6) is 0 Å². The molecule has 80 valence electrons. The van der Waals surface area contributed by atoms with Crippen molar-refractivity contribution in [2.24, 2.45) is 0 Å². The predicted octanol–water partition coefficient (Wildman–Crippen LogP) is -0.208. The smallest absolute Gasteiger partial charge is 0.320 e. The SMILES string of the molecule is C#CC(CCC)NS(=O)(=O)CC(=O)O. The third-order valence-electron chi connectivity index (χ3n) is 1.41. The Morgan fingerprint density at radius 2 is 2.21 bits per heavy atom. The molecule has 6 heteroatoms. The number of rotatable bonds is 6. The lowest BCUT2D eigenvalue weighted by Gasteiger charge is -2.10. The van der Waals surface area contributed by atoms with Crippen molar-refractivity contribution < 1.29 is 18.3 Å². The number of carboxylic acid groups (broad SMARTS) is 1. The molecule has 0 saturated heterocycles. The van der Waals surface area contributed by atoms with E-state index in [2.05, 4.69) is 10.6 Å². The lowest BCUT2D eigenvalue weighted by molar-refractivity contribution is -0.134. The van der Waals surface area contributed by atoms with Gasteiger partial charge in [-0.2, -0.15) is 4.72 Å². The number of nitrogens with one attached hydrogen (secondary N) is 1. The highest BCUT2D eigenvalue weighted by molar-refractivity contribution is 7.90. The zero-order chi connectivity index (χ0) is 11.2. The average Bonchev–Trinajstić information content (AvgIpc) is 2.00. The van der Waals surface area contributed by atoms with Crippen molar-refractivity contribution in [2.45, 2.75) is 25.8 Å². The summed E-state index contributed by atoms with van der Waals surface area (Å²) >= 11 is 0. The van der Waals surface area contributed by atoms with E-state index in [1.807, 2.05) is 6.92 Å². The first-order valence-electron chi connectivity index (χ1n) is 4.09. The molecule has 0 aromatic carbocycles. The molecular weight excluding hydrogens is 206 g/mol. The van der Waals surface area contributed by atoms with E-state index in [4.69, 9.17) is 11.5 Å². The van der Waals surface area contributed by atoms with Crippen LogP contribution in [0.3, 0.4) is 0 Å². The molecule has 0 aliphatic heterocycles. The Balaban J connectivity index is 4.34. The summed E-state index contributed by atoms with van der Waals surface area (Å²) in [5, 5.41) is 8.29. The summed E-state index contributed by atoms with van der Waals surface area (Å²) in [6.07, 6.45) is 6.29. The van der Waals surface area contributed by atoms with E-state index in [9.17, 15) is 13.2 Å². The van der Waals surface area contributed by atoms with Gasteiger partial charge in [0.15, 0.2) is 5.75 Å². The maximum absolute atomic E-state index is 11.1. The molecule has 0 aliphatic rings. The van der Waals surface area contributed by atoms with Crippen molar-refractivity contribution in [3.8, 4) is 12.3 Å². The van der Waals surface area contributed by atoms with Crippen LogP contribution in [0.2, 0.25) is 0 Å². The third kappa shape index (κ3) is 5.56. The molecule has 0 heterocycles. The average molecular weight is 219 g/mol. The predicted molar refractivity (Wildman–Crippen MR) is 52.1 cm³/mol. The van der Waals surface area contributed by atoms with Gasteiger partial charge in [0.25, 0.3) is 0 Å². The molecule has 0 fully saturated rings. The molecule has 0 spiro atoms. The highest BCUT2D eigenvalue weighted by Gasteiger charge is 2.18. The first-order chi connectivity index (χ1) is 6.41. The Kier molecular flexibility index (Phi) is 5.20. The van der Waals surface area contributed by atoms with Crippen LogP contribution in [0.25, 0.3) is 0 Å². The van der Waals surface area contributed by atoms with Crippen molar-refractivity contribution >= 4 is 16.0 Å². The Morgan fingerprint density at radius 3 is 2.57 bits per heavy atom. The van der Waals surface area contributed by atoms with E-state index in [1.165, 1.54) is 0 Å². The van der Waals surface area contributed by atoms with Gasteiger partial charge < -0.3 is 5.11 Å². The fourth-order valence-electron chi connectivity index (χ4n) is 0.886. The van der Waals surface area contributed by atoms with Crippen LogP contribution in [0.1, 0.15) is 19.8 Å². The van der Waals surface area contributed by atoms with Gasteiger partial charge in [0.1, 0.15) is 0 Å². The van der Waals surface area contributed by atoms with Gasteiger partial charge in [-0.25, -0.2) is 8.42 Å². The van der Waals surface area contributed by atoms with Crippen LogP contribution >= 0.6 is 0 Å². The van der Waals surface area contributed by atoms with Gasteiger partial charge in [0.2, 0.25) is 10.0 Å². The number of aliphatic carboxylic acids is 1. The summed E-state index contributed by atoms with van der Waals surface area (Å²) in [7, 11) is -3.81. The fourth-order valence-corrected chi connectivity index (χ4v) is 1.91. The summed E-state index contributed by atoms with van der Waals surface area (Å²) in [6, 6.07) is -0.621. The maximum Gasteiger partial charge on any atom is 0.320 e. The molecule has 1 atom stereocenters. The van der Waals surface area contributed by atoms with Gasteiger partial charge in [-0.15, -0.1) is 6.42 Å². The van der Waals surface area contributed by atoms with Crippen LogP contribution in [-0.4, -0.2) is 31.3 Å². The fraction of sp³-hybridized carbons (Fsp3) is 0.625. The number of hydrogen-bond donors (Lipinski definition) is 2. The number of hydrogen-bond acceptors (Lipinski definition) is 3. The largest absolute Gasteiger partial charge is 0.480 e. The second-order valence-electron chi connectivity index (χ2n) is 2.78. The molecule has 0 aromatic rings. The Labute approximate surface area is 83.6 Å². The minimum absolute atomic E-state index is 0.495. The maximum atomic E-state index is 11.1. The quantitative estimate of drug-likeness (QED) is 0.606. The number of carboxylic acids is 1. The van der Waals surface area contributed by atoms with Gasteiger partial charge >= 0.3 is 5.97 Å². The topological polar surface area (TPSA) is 83.5 Å². The molecule has 0 amide bonds. The lowest BCUT2D eigenvalue weighted by atomic mass is 10.2. The van der Waals surface area contributed by atoms with E-state index in [-0.39, 0.29) is 0 Å². The third-order valence-corrected chi connectivity index (χ3v) is 2.68. The van der Waals surface area contributed by atoms with E-state index >= 15 is 0 Å². The van der Waals surface area contributed by atoms with Crippen LogP contribution in [-0.2, 0) is 14.8 Å². The summed E-state index contributed by atoms with van der Waals surface area (Å²) in [6.45, 7) is 1.86. The van der Waals surface area contributed by atoms with Crippen LogP contribution < -0.4 is 4.72 Å². The minimum atomic E-state index is -3.81. The van der Waals surface area contributed by atoms with E-state index in [0.29, 0.717) is 6.42 Å². The summed E-state index contributed by atoms with van der Waals surface area (Å²) in [5.41, 5.74) is 0. The van der Waals surface area contributed by atoms with Gasteiger partial charge in [0, 0.05) is 0 Å². The first kappa shape index (κ1) is 12.9. The zero-order valence-corrected chi connectivity index (χ0v) is 8.67. The molecule has 0 saturated carbocycles. The van der Waals surface area contributed by atoms with Gasteiger partial charge in [-0.1, -0.05) is 19.3 Å². The number of sulfonamides is 1. The van der Waals surface area contributed by atoms with Crippen LogP contribution in [0.4, 0.5) is 0 Å². The lowest BCUT2D eigenvalue weighted by Crippen LogP contribution is -2.37. The van der Waals surface area contributed by atoms with Crippen molar-refractivity contribution in [1.29, 1.82) is 0 Å². The van der Waals surface area contributed by atoms with Crippen molar-refractivity contribution in [2.75, 3.05) is 5.75 Å². The van der Waals surface area contributed by atoms with E-state index in [0.717, 1.165) is 6.42 Å². The van der Waals surface area contributed by atoms with Crippen molar-refractivity contribution in [3.63, 3.8) is 0 Å². The zero-order valence-electron chi connectivity index (χ0n) is 7.86. The summed E-state index contributed by atoms with van der Waals surface area (Å²) in [4.78, 5) is 10.2. The molecule has 0 radical (unpaired) electrons. The van der Waals surface area contributed by atoms with Crippen LogP contribution in [0.15, 0.2) is 0 Å².